The predicted octanol–water partition coefficient (Wildman–Crippen LogP) is -0.431. The van der Waals surface area contributed by atoms with Crippen LogP contribution in [0.1, 0.15) is 87.7 Å². The fourth-order valence-electron chi connectivity index (χ4n) is 9.68. The van der Waals surface area contributed by atoms with Gasteiger partial charge < -0.3 is 69.7 Å². The van der Waals surface area contributed by atoms with Crippen LogP contribution in [0.3, 0.4) is 0 Å². The van der Waals surface area contributed by atoms with Crippen LogP contribution in [-0.4, -0.2) is 129 Å². The summed E-state index contributed by atoms with van der Waals surface area (Å²) in [5.41, 5.74) is 21.7. The highest BCUT2D eigenvalue weighted by molar-refractivity contribution is 5.98. The third kappa shape index (κ3) is 17.5. The molecule has 0 saturated heterocycles. The number of amides is 10. The van der Waals surface area contributed by atoms with Crippen molar-refractivity contribution in [1.82, 2.24) is 57.5 Å². The van der Waals surface area contributed by atoms with Gasteiger partial charge in [0.25, 0.3) is 0 Å². The first-order chi connectivity index (χ1) is 38.6. The lowest BCUT2D eigenvalue weighted by molar-refractivity contribution is -0.135. The Bertz CT molecular complexity index is 3040. The number of imidazole rings is 1. The van der Waals surface area contributed by atoms with Gasteiger partial charge in [-0.2, -0.15) is 0 Å². The molecule has 0 spiro atoms. The second kappa shape index (κ2) is 28.8. The third-order valence-electron chi connectivity index (χ3n) is 13.9. The number of primary amides is 2. The summed E-state index contributed by atoms with van der Waals surface area (Å²) in [7, 11) is 0. The van der Waals surface area contributed by atoms with Crippen molar-refractivity contribution in [1.29, 1.82) is 0 Å². The van der Waals surface area contributed by atoms with E-state index in [9.17, 15) is 47.9 Å². The normalized spacial score (nSPS) is 16.3. The van der Waals surface area contributed by atoms with Gasteiger partial charge in [-0.1, -0.05) is 100 Å². The molecule has 0 radical (unpaired) electrons. The van der Waals surface area contributed by atoms with Crippen molar-refractivity contribution in [3.8, 4) is 0 Å². The minimum Gasteiger partial charge on any atom is -0.370 e. The number of rotatable bonds is 29. The van der Waals surface area contributed by atoms with Gasteiger partial charge in [0.1, 0.15) is 36.3 Å². The van der Waals surface area contributed by atoms with Gasteiger partial charge in [-0.25, -0.2) is 4.98 Å². The van der Waals surface area contributed by atoms with E-state index in [1.54, 1.807) is 62.5 Å². The standard InChI is InChI=1S/C57H74N14O10/c1-30(2)21-43(55(79)68-42-23-34-15-9-10-17-38(34)48(42)50(60)74)69-56(80)45(25-36-27-61-29-64-36)66-47(73)28-63-57(81)49(31(3)4)71-51(75)32(5)65-54(78)44(24-35-26-62-40-18-12-11-16-37(35)40)70-53(77)41(19-20-46(59)72)67-52(76)39(58)22-33-13-7-6-8-14-33/h6-18,26-27,29-32,39,41-45,48-49,62H,19-25,28,58H2,1-5H3,(H2,59,72)(H2,60,74)(H,61,64)(H,63,81)(H,65,78)(H,66,73)(H,67,76)(H,68,79)(H,69,80)(H,70,77)(H,71,75)/t32-,39+,41-,42?,43-,44-,45-,48?,49-/m0/s1. The van der Waals surface area contributed by atoms with E-state index < -0.39 is 126 Å². The van der Waals surface area contributed by atoms with Gasteiger partial charge in [0.05, 0.1) is 24.8 Å². The summed E-state index contributed by atoms with van der Waals surface area (Å²) < 4.78 is 0. The lowest BCUT2D eigenvalue weighted by Gasteiger charge is -2.27. The average Bonchev–Trinajstić information content (AvgIpc) is 4.19. The summed E-state index contributed by atoms with van der Waals surface area (Å²) in [5, 5.41) is 22.2. The zero-order valence-electron chi connectivity index (χ0n) is 46.0. The van der Waals surface area contributed by atoms with Gasteiger partial charge in [0.2, 0.25) is 59.1 Å². The van der Waals surface area contributed by atoms with Crippen molar-refractivity contribution in [2.24, 2.45) is 29.0 Å². The number of nitrogens with one attached hydrogen (secondary N) is 10. The average molecular weight is 1120 g/mol. The second-order valence-electron chi connectivity index (χ2n) is 21.2. The van der Waals surface area contributed by atoms with E-state index in [0.717, 1.165) is 27.6 Å². The van der Waals surface area contributed by atoms with E-state index in [2.05, 4.69) is 57.5 Å². The molecule has 432 valence electrons. The number of fused-ring (bicyclic) bond motifs is 2. The Morgan fingerprint density at radius 2 is 1.28 bits per heavy atom. The highest BCUT2D eigenvalue weighted by Crippen LogP contribution is 2.33. The zero-order chi connectivity index (χ0) is 58.9. The van der Waals surface area contributed by atoms with Crippen LogP contribution in [0.4, 0.5) is 0 Å². The van der Waals surface area contributed by atoms with Crippen molar-refractivity contribution in [3.05, 3.63) is 126 Å². The number of para-hydroxylation sites is 1. The van der Waals surface area contributed by atoms with Gasteiger partial charge in [-0.15, -0.1) is 0 Å². The number of hydrogen-bond donors (Lipinski definition) is 13. The number of benzene rings is 3. The number of carbonyl (C=O) groups excluding carboxylic acids is 10. The largest absolute Gasteiger partial charge is 0.370 e. The summed E-state index contributed by atoms with van der Waals surface area (Å²) >= 11 is 0. The maximum atomic E-state index is 14.2. The lowest BCUT2D eigenvalue weighted by atomic mass is 9.96. The molecule has 1 aliphatic rings. The molecular formula is C57H74N14O10. The molecule has 0 bridgehead atoms. The molecular weight excluding hydrogens is 1040 g/mol. The minimum absolute atomic E-state index is 0.0724. The molecule has 1 aliphatic carbocycles. The molecule has 24 nitrogen and oxygen atoms in total. The Morgan fingerprint density at radius 3 is 1.96 bits per heavy atom. The summed E-state index contributed by atoms with van der Waals surface area (Å²) in [6.45, 7) is 7.77. The molecule has 3 aromatic carbocycles. The summed E-state index contributed by atoms with van der Waals surface area (Å²) in [6.07, 6.45) is 4.56. The van der Waals surface area contributed by atoms with E-state index in [-0.39, 0.29) is 44.4 Å². The topological polar surface area (TPSA) is 389 Å². The van der Waals surface area contributed by atoms with Gasteiger partial charge in [0.15, 0.2) is 0 Å². The van der Waals surface area contributed by atoms with Crippen molar-refractivity contribution < 1.29 is 47.9 Å². The van der Waals surface area contributed by atoms with E-state index in [4.69, 9.17) is 17.2 Å². The molecule has 2 heterocycles. The quantitative estimate of drug-likeness (QED) is 0.0290. The number of H-pyrrole nitrogens is 2. The van der Waals surface area contributed by atoms with E-state index in [1.807, 2.05) is 50.2 Å². The smallest absolute Gasteiger partial charge is 0.243 e. The van der Waals surface area contributed by atoms with Crippen molar-refractivity contribution in [3.63, 3.8) is 0 Å². The lowest BCUT2D eigenvalue weighted by Crippen LogP contribution is -2.59. The molecule has 10 amide bonds. The van der Waals surface area contributed by atoms with Gasteiger partial charge in [-0.3, -0.25) is 47.9 Å². The molecule has 5 aromatic rings. The van der Waals surface area contributed by atoms with Crippen molar-refractivity contribution >= 4 is 70.0 Å². The molecule has 24 heteroatoms. The third-order valence-corrected chi connectivity index (χ3v) is 13.9. The Morgan fingerprint density at radius 1 is 0.642 bits per heavy atom. The number of nitrogens with zero attached hydrogens (tertiary/aromatic N) is 1. The number of hydrogen-bond acceptors (Lipinski definition) is 12. The van der Waals surface area contributed by atoms with Crippen LogP contribution in [0.2, 0.25) is 0 Å². The maximum Gasteiger partial charge on any atom is 0.243 e. The highest BCUT2D eigenvalue weighted by atomic mass is 16.2. The molecule has 81 heavy (non-hydrogen) atoms. The van der Waals surface area contributed by atoms with E-state index >= 15 is 0 Å². The Labute approximate surface area is 468 Å². The summed E-state index contributed by atoms with van der Waals surface area (Å²) in [5.74, 6) is -8.67. The van der Waals surface area contributed by atoms with E-state index in [1.165, 1.54) is 19.4 Å². The predicted molar refractivity (Wildman–Crippen MR) is 299 cm³/mol. The Kier molecular flexibility index (Phi) is 21.8. The van der Waals surface area contributed by atoms with Crippen LogP contribution >= 0.6 is 0 Å². The first-order valence-electron chi connectivity index (χ1n) is 26.9. The molecule has 6 rings (SSSR count). The maximum absolute atomic E-state index is 14.2. The summed E-state index contributed by atoms with van der Waals surface area (Å²) in [4.78, 5) is 145. The molecule has 2 unspecified atom stereocenters. The van der Waals surface area contributed by atoms with Gasteiger partial charge in [0, 0.05) is 54.3 Å². The minimum atomic E-state index is -1.36. The van der Waals surface area contributed by atoms with Crippen molar-refractivity contribution in [2.45, 2.75) is 134 Å². The first-order valence-corrected chi connectivity index (χ1v) is 26.9. The zero-order valence-corrected chi connectivity index (χ0v) is 46.0. The molecule has 2 aromatic heterocycles. The van der Waals surface area contributed by atoms with Crippen LogP contribution in [0.25, 0.3) is 10.9 Å². The Balaban J connectivity index is 1.09. The second-order valence-corrected chi connectivity index (χ2v) is 21.2. The fourth-order valence-corrected chi connectivity index (χ4v) is 9.68. The molecule has 0 fully saturated rings. The van der Waals surface area contributed by atoms with Crippen LogP contribution in [0.5, 0.6) is 0 Å². The SMILES string of the molecule is CC(C)C[C@H](NC(=O)[C@H](Cc1cnc[nH]1)NC(=O)CNC(=O)[C@@H](NC(=O)[C@H](C)NC(=O)[C@H](Cc1c[nH]c2ccccc12)NC(=O)[C@H](CCC(N)=O)NC(=O)[C@H](N)Cc1ccccc1)C(C)C)C(=O)NC1Cc2ccccc2C1C(N)=O. The van der Waals surface area contributed by atoms with Gasteiger partial charge >= 0.3 is 0 Å². The molecule has 9 atom stereocenters. The highest BCUT2D eigenvalue weighted by Gasteiger charge is 2.39. The van der Waals surface area contributed by atoms with Crippen LogP contribution in [0.15, 0.2) is 97.6 Å². The van der Waals surface area contributed by atoms with Crippen LogP contribution < -0.4 is 59.7 Å². The van der Waals surface area contributed by atoms with Crippen LogP contribution in [0, 0.1) is 11.8 Å². The number of nitrogens with two attached hydrogens (primary N) is 3. The molecule has 0 saturated carbocycles. The Hall–Kier alpha value is -8.93. The van der Waals surface area contributed by atoms with Crippen LogP contribution in [-0.2, 0) is 73.6 Å². The van der Waals surface area contributed by atoms with E-state index in [0.29, 0.717) is 17.7 Å². The molecule has 0 aliphatic heterocycles. The van der Waals surface area contributed by atoms with Gasteiger partial charge in [-0.05, 0) is 72.8 Å². The summed E-state index contributed by atoms with van der Waals surface area (Å²) in [6, 6.07) is 14.2. The first kappa shape index (κ1) is 61.3. The number of aromatic amines is 2. The monoisotopic (exact) mass is 1110 g/mol. The number of aromatic nitrogens is 3. The van der Waals surface area contributed by atoms with Crippen molar-refractivity contribution in [2.75, 3.05) is 6.54 Å². The number of carbonyl (C=O) groups is 10. The molecule has 16 N–H and O–H groups in total. The fraction of sp³-hybridized carbons (Fsp3) is 0.421.